The lowest BCUT2D eigenvalue weighted by molar-refractivity contribution is 0.0628. The molecule has 1 aliphatic heterocycles. The number of ether oxygens (including phenoxy) is 1. The van der Waals surface area contributed by atoms with E-state index in [1.54, 1.807) is 18.2 Å². The molecular weight excluding hydrogens is 235 g/mol. The van der Waals surface area contributed by atoms with Crippen molar-refractivity contribution in [2.45, 2.75) is 6.10 Å². The van der Waals surface area contributed by atoms with Crippen LogP contribution in [0.2, 0.25) is 0 Å². The predicted octanol–water partition coefficient (Wildman–Crippen LogP) is 0.471. The fraction of sp³-hybridized carbons (Fsp3) is 0.538. The molecule has 1 aromatic carbocycles. The van der Waals surface area contributed by atoms with Crippen molar-refractivity contribution in [1.29, 1.82) is 0 Å². The zero-order valence-electron chi connectivity index (χ0n) is 10.3. The van der Waals surface area contributed by atoms with Crippen molar-refractivity contribution in [2.75, 3.05) is 39.3 Å². The summed E-state index contributed by atoms with van der Waals surface area (Å²) in [5, 5.41) is 13.1. The van der Waals surface area contributed by atoms with Crippen molar-refractivity contribution >= 4 is 0 Å². The van der Waals surface area contributed by atoms with Gasteiger partial charge in [-0.2, -0.15) is 0 Å². The molecule has 1 unspecified atom stereocenters. The number of nitrogens with zero attached hydrogens (tertiary/aromatic N) is 1. The molecule has 0 bridgehead atoms. The Hall–Kier alpha value is -1.17. The molecule has 2 rings (SSSR count). The highest BCUT2D eigenvalue weighted by Crippen LogP contribution is 2.15. The molecule has 1 aromatic rings. The predicted molar refractivity (Wildman–Crippen MR) is 67.2 cm³/mol. The Morgan fingerprint density at radius 2 is 2.06 bits per heavy atom. The van der Waals surface area contributed by atoms with E-state index in [9.17, 15) is 9.50 Å². The average Bonchev–Trinajstić information content (AvgIpc) is 2.39. The third-order valence-electron chi connectivity index (χ3n) is 2.95. The molecule has 18 heavy (non-hydrogen) atoms. The first kappa shape index (κ1) is 13.3. The van der Waals surface area contributed by atoms with Crippen molar-refractivity contribution in [3.63, 3.8) is 0 Å². The number of nitrogens with one attached hydrogen (secondary N) is 1. The second-order valence-corrected chi connectivity index (χ2v) is 4.45. The summed E-state index contributed by atoms with van der Waals surface area (Å²) in [5.74, 6) is -0.205. The third-order valence-corrected chi connectivity index (χ3v) is 2.95. The smallest absolute Gasteiger partial charge is 0.165 e. The minimum atomic E-state index is -0.595. The molecule has 0 radical (unpaired) electrons. The Morgan fingerprint density at radius 1 is 1.33 bits per heavy atom. The number of hydrogen-bond donors (Lipinski definition) is 2. The van der Waals surface area contributed by atoms with Crippen molar-refractivity contribution in [1.82, 2.24) is 10.2 Å². The maximum absolute atomic E-state index is 13.3. The van der Waals surface area contributed by atoms with Crippen LogP contribution >= 0.6 is 0 Å². The van der Waals surface area contributed by atoms with Gasteiger partial charge in [0.05, 0.1) is 0 Å². The van der Waals surface area contributed by atoms with E-state index in [-0.39, 0.29) is 12.4 Å². The van der Waals surface area contributed by atoms with E-state index >= 15 is 0 Å². The van der Waals surface area contributed by atoms with Crippen molar-refractivity contribution in [3.05, 3.63) is 30.1 Å². The van der Waals surface area contributed by atoms with Gasteiger partial charge in [0, 0.05) is 32.7 Å². The number of para-hydroxylation sites is 1. The molecule has 1 aliphatic rings. The van der Waals surface area contributed by atoms with Crippen LogP contribution < -0.4 is 10.1 Å². The standard InChI is InChI=1S/C13H19FN2O2/c14-12-3-1-2-4-13(12)18-10-11(17)9-16-7-5-15-6-8-16/h1-4,11,15,17H,5-10H2. The Labute approximate surface area is 106 Å². The summed E-state index contributed by atoms with van der Waals surface area (Å²) in [5.41, 5.74) is 0. The van der Waals surface area contributed by atoms with Gasteiger partial charge in [-0.1, -0.05) is 12.1 Å². The highest BCUT2D eigenvalue weighted by Gasteiger charge is 2.15. The molecule has 1 atom stereocenters. The normalized spacial score (nSPS) is 18.6. The van der Waals surface area contributed by atoms with E-state index < -0.39 is 11.9 Å². The van der Waals surface area contributed by atoms with Crippen LogP contribution in [-0.4, -0.2) is 55.4 Å². The van der Waals surface area contributed by atoms with Crippen LogP contribution in [0.25, 0.3) is 0 Å². The minimum Gasteiger partial charge on any atom is -0.488 e. The Balaban J connectivity index is 1.74. The molecule has 0 amide bonds. The van der Waals surface area contributed by atoms with E-state index in [0.29, 0.717) is 6.54 Å². The van der Waals surface area contributed by atoms with Gasteiger partial charge in [0.2, 0.25) is 0 Å². The maximum Gasteiger partial charge on any atom is 0.165 e. The Morgan fingerprint density at radius 3 is 2.78 bits per heavy atom. The molecular formula is C13H19FN2O2. The number of benzene rings is 1. The van der Waals surface area contributed by atoms with Gasteiger partial charge in [-0.05, 0) is 12.1 Å². The SMILES string of the molecule is OC(COc1ccccc1F)CN1CCNCC1. The molecule has 0 aliphatic carbocycles. The molecule has 5 heteroatoms. The van der Waals surface area contributed by atoms with Crippen LogP contribution in [0.15, 0.2) is 24.3 Å². The lowest BCUT2D eigenvalue weighted by atomic mass is 10.3. The number of rotatable bonds is 5. The third kappa shape index (κ3) is 3.94. The second-order valence-electron chi connectivity index (χ2n) is 4.45. The first-order valence-corrected chi connectivity index (χ1v) is 6.24. The molecule has 1 heterocycles. The topological polar surface area (TPSA) is 44.7 Å². The van der Waals surface area contributed by atoms with Gasteiger partial charge in [0.15, 0.2) is 11.6 Å². The summed E-state index contributed by atoms with van der Waals surface area (Å²) >= 11 is 0. The molecule has 0 aromatic heterocycles. The first-order chi connectivity index (χ1) is 8.75. The highest BCUT2D eigenvalue weighted by molar-refractivity contribution is 5.23. The number of halogens is 1. The van der Waals surface area contributed by atoms with Crippen molar-refractivity contribution in [2.24, 2.45) is 0 Å². The largest absolute Gasteiger partial charge is 0.488 e. The first-order valence-electron chi connectivity index (χ1n) is 6.24. The molecule has 1 fully saturated rings. The molecule has 2 N–H and O–H groups in total. The van der Waals surface area contributed by atoms with E-state index in [4.69, 9.17) is 4.74 Å². The number of hydrogen-bond acceptors (Lipinski definition) is 4. The summed E-state index contributed by atoms with van der Waals surface area (Å²) < 4.78 is 18.5. The Bertz CT molecular complexity index is 370. The van der Waals surface area contributed by atoms with Crippen LogP contribution in [0, 0.1) is 5.82 Å². The lowest BCUT2D eigenvalue weighted by Crippen LogP contribution is -2.47. The van der Waals surface area contributed by atoms with Crippen LogP contribution in [0.1, 0.15) is 0 Å². The summed E-state index contributed by atoms with van der Waals surface area (Å²) in [6, 6.07) is 6.23. The molecule has 1 saturated heterocycles. The molecule has 0 spiro atoms. The van der Waals surface area contributed by atoms with Crippen LogP contribution in [0.5, 0.6) is 5.75 Å². The van der Waals surface area contributed by atoms with Gasteiger partial charge in [-0.15, -0.1) is 0 Å². The maximum atomic E-state index is 13.3. The van der Waals surface area contributed by atoms with Gasteiger partial charge < -0.3 is 15.2 Å². The fourth-order valence-electron chi connectivity index (χ4n) is 1.99. The van der Waals surface area contributed by atoms with E-state index in [2.05, 4.69) is 10.2 Å². The van der Waals surface area contributed by atoms with Crippen molar-refractivity contribution in [3.8, 4) is 5.75 Å². The summed E-state index contributed by atoms with van der Waals surface area (Å²) in [4.78, 5) is 2.17. The average molecular weight is 254 g/mol. The summed E-state index contributed by atoms with van der Waals surface area (Å²) in [7, 11) is 0. The van der Waals surface area contributed by atoms with Gasteiger partial charge in [-0.25, -0.2) is 4.39 Å². The number of aliphatic hydroxyl groups excluding tert-OH is 1. The Kier molecular flexibility index (Phi) is 4.92. The van der Waals surface area contributed by atoms with Crippen molar-refractivity contribution < 1.29 is 14.2 Å². The number of aliphatic hydroxyl groups is 1. The van der Waals surface area contributed by atoms with Crippen LogP contribution in [-0.2, 0) is 0 Å². The van der Waals surface area contributed by atoms with Gasteiger partial charge in [-0.3, -0.25) is 4.90 Å². The van der Waals surface area contributed by atoms with E-state index in [0.717, 1.165) is 26.2 Å². The fourth-order valence-corrected chi connectivity index (χ4v) is 1.99. The van der Waals surface area contributed by atoms with Gasteiger partial charge in [0.1, 0.15) is 12.7 Å². The van der Waals surface area contributed by atoms with E-state index in [1.807, 2.05) is 0 Å². The van der Waals surface area contributed by atoms with Gasteiger partial charge in [0.25, 0.3) is 0 Å². The van der Waals surface area contributed by atoms with Crippen LogP contribution in [0.4, 0.5) is 4.39 Å². The second kappa shape index (κ2) is 6.68. The van der Waals surface area contributed by atoms with Crippen LogP contribution in [0.3, 0.4) is 0 Å². The zero-order chi connectivity index (χ0) is 12.8. The van der Waals surface area contributed by atoms with Gasteiger partial charge >= 0.3 is 0 Å². The number of piperazine rings is 1. The quantitative estimate of drug-likeness (QED) is 0.802. The molecule has 0 saturated carbocycles. The molecule has 100 valence electrons. The summed E-state index contributed by atoms with van der Waals surface area (Å²) in [6.07, 6.45) is -0.595. The van der Waals surface area contributed by atoms with E-state index in [1.165, 1.54) is 6.07 Å². The highest BCUT2D eigenvalue weighted by atomic mass is 19.1. The number of β-amino-alcohol motifs (C(OH)–C–C–N with tert-alkyl or cyclic N) is 1. The lowest BCUT2D eigenvalue weighted by Gasteiger charge is -2.29. The minimum absolute atomic E-state index is 0.116. The molecule has 4 nitrogen and oxygen atoms in total. The monoisotopic (exact) mass is 254 g/mol. The summed E-state index contributed by atoms with van der Waals surface area (Å²) in [6.45, 7) is 4.43. The zero-order valence-corrected chi connectivity index (χ0v) is 10.3.